The summed E-state index contributed by atoms with van der Waals surface area (Å²) in [5, 5.41) is 8.89. The van der Waals surface area contributed by atoms with Gasteiger partial charge in [0.15, 0.2) is 5.65 Å². The maximum Gasteiger partial charge on any atom is 0.254 e. The zero-order valence-corrected chi connectivity index (χ0v) is 16.3. The number of nitrogens with one attached hydrogen (secondary N) is 1. The van der Waals surface area contributed by atoms with Gasteiger partial charge in [0.05, 0.1) is 27.4 Å². The van der Waals surface area contributed by atoms with Gasteiger partial charge in [0.25, 0.3) is 5.91 Å². The second kappa shape index (κ2) is 7.31. The zero-order valence-electron chi connectivity index (χ0n) is 15.6. The number of carbonyl (C=O) groups excluding carboxylic acids is 1. The molecule has 3 aromatic rings. The number of aryl methyl sites for hydroxylation is 1. The van der Waals surface area contributed by atoms with Crippen LogP contribution in [0.25, 0.3) is 16.7 Å². The van der Waals surface area contributed by atoms with Gasteiger partial charge in [-0.3, -0.25) is 4.79 Å². The Labute approximate surface area is 163 Å². The van der Waals surface area contributed by atoms with Gasteiger partial charge in [-0.05, 0) is 37.8 Å². The van der Waals surface area contributed by atoms with E-state index in [4.69, 9.17) is 11.6 Å². The van der Waals surface area contributed by atoms with E-state index in [1.54, 1.807) is 10.9 Å². The summed E-state index contributed by atoms with van der Waals surface area (Å²) in [6.45, 7) is 4.08. The molecule has 140 valence electrons. The molecule has 2 heterocycles. The highest BCUT2D eigenvalue weighted by molar-refractivity contribution is 6.38. The lowest BCUT2D eigenvalue weighted by atomic mass is 9.86. The second-order valence-corrected chi connectivity index (χ2v) is 7.74. The van der Waals surface area contributed by atoms with Gasteiger partial charge < -0.3 is 5.32 Å². The van der Waals surface area contributed by atoms with E-state index in [2.05, 4.69) is 22.3 Å². The van der Waals surface area contributed by atoms with Gasteiger partial charge in [-0.2, -0.15) is 5.10 Å². The van der Waals surface area contributed by atoms with Crippen molar-refractivity contribution < 1.29 is 4.79 Å². The first-order valence-electron chi connectivity index (χ1n) is 9.46. The highest BCUT2D eigenvalue weighted by atomic mass is 35.5. The molecule has 1 aliphatic rings. The number of hydrogen-bond acceptors (Lipinski definition) is 3. The molecule has 0 spiro atoms. The second-order valence-electron chi connectivity index (χ2n) is 7.36. The number of rotatable bonds is 3. The molecule has 0 aliphatic heterocycles. The van der Waals surface area contributed by atoms with Crippen LogP contribution in [0.5, 0.6) is 0 Å². The lowest BCUT2D eigenvalue weighted by Crippen LogP contribution is -2.41. The Morgan fingerprint density at radius 1 is 1.22 bits per heavy atom. The molecule has 1 aliphatic carbocycles. The number of hydrogen-bond donors (Lipinski definition) is 1. The van der Waals surface area contributed by atoms with Crippen LogP contribution < -0.4 is 5.32 Å². The minimum Gasteiger partial charge on any atom is -0.349 e. The molecule has 27 heavy (non-hydrogen) atoms. The maximum atomic E-state index is 12.8. The molecular weight excluding hydrogens is 360 g/mol. The molecule has 6 heteroatoms. The van der Waals surface area contributed by atoms with Gasteiger partial charge in [-0.1, -0.05) is 49.6 Å². The number of pyridine rings is 1. The number of amides is 1. The summed E-state index contributed by atoms with van der Waals surface area (Å²) in [6, 6.07) is 9.99. The maximum absolute atomic E-state index is 12.8. The fourth-order valence-electron chi connectivity index (χ4n) is 3.89. The van der Waals surface area contributed by atoms with Crippen molar-refractivity contribution in [1.29, 1.82) is 0 Å². The summed E-state index contributed by atoms with van der Waals surface area (Å²) in [5.41, 5.74) is 2.74. The average molecular weight is 383 g/mol. The van der Waals surface area contributed by atoms with Crippen LogP contribution in [0.3, 0.4) is 0 Å². The molecule has 1 fully saturated rings. The predicted molar refractivity (Wildman–Crippen MR) is 107 cm³/mol. The Morgan fingerprint density at radius 2 is 1.96 bits per heavy atom. The number of carbonyl (C=O) groups is 1. The van der Waals surface area contributed by atoms with E-state index in [1.807, 2.05) is 37.3 Å². The van der Waals surface area contributed by atoms with Crippen LogP contribution in [-0.2, 0) is 0 Å². The first-order valence-corrected chi connectivity index (χ1v) is 9.84. The first-order chi connectivity index (χ1) is 13.1. The monoisotopic (exact) mass is 382 g/mol. The summed E-state index contributed by atoms with van der Waals surface area (Å²) in [6.07, 6.45) is 6.13. The van der Waals surface area contributed by atoms with E-state index in [1.165, 1.54) is 6.42 Å². The van der Waals surface area contributed by atoms with Crippen molar-refractivity contribution in [3.8, 4) is 5.69 Å². The van der Waals surface area contributed by atoms with Crippen LogP contribution in [0.1, 0.15) is 48.7 Å². The number of aromatic nitrogens is 3. The Kier molecular flexibility index (Phi) is 4.87. The Bertz CT molecular complexity index is 983. The van der Waals surface area contributed by atoms with Crippen molar-refractivity contribution in [1.82, 2.24) is 20.1 Å². The first kappa shape index (κ1) is 18.0. The number of fused-ring (bicyclic) bond motifs is 1. The van der Waals surface area contributed by atoms with Crippen LogP contribution >= 0.6 is 11.6 Å². The van der Waals surface area contributed by atoms with Crippen molar-refractivity contribution >= 4 is 28.5 Å². The number of nitrogens with zero attached hydrogens (tertiary/aromatic N) is 3. The Morgan fingerprint density at radius 3 is 2.70 bits per heavy atom. The van der Waals surface area contributed by atoms with E-state index in [0.717, 1.165) is 36.0 Å². The van der Waals surface area contributed by atoms with E-state index in [0.29, 0.717) is 22.2 Å². The minimum atomic E-state index is -0.153. The summed E-state index contributed by atoms with van der Waals surface area (Å²) in [7, 11) is 0. The lowest BCUT2D eigenvalue weighted by Gasteiger charge is -2.29. The van der Waals surface area contributed by atoms with E-state index in [9.17, 15) is 4.79 Å². The largest absolute Gasteiger partial charge is 0.349 e. The van der Waals surface area contributed by atoms with Gasteiger partial charge >= 0.3 is 0 Å². The fraction of sp³-hybridized carbons (Fsp3) is 0.381. The molecule has 2 atom stereocenters. The van der Waals surface area contributed by atoms with Crippen LogP contribution in [0, 0.1) is 12.8 Å². The standard InChI is InChI=1S/C21H23ClN4O/c1-13-8-6-7-11-17(13)24-21(27)16-12-23-20-18(19(16)22)14(2)25-26(20)15-9-4-3-5-10-15/h3-5,9-10,12-13,17H,6-8,11H2,1-2H3,(H,24,27)/t13-,17-/m1/s1. The topological polar surface area (TPSA) is 59.8 Å². The highest BCUT2D eigenvalue weighted by Gasteiger charge is 2.25. The van der Waals surface area contributed by atoms with Crippen molar-refractivity contribution in [3.63, 3.8) is 0 Å². The van der Waals surface area contributed by atoms with Crippen molar-refractivity contribution in [2.75, 3.05) is 0 Å². The molecule has 0 unspecified atom stereocenters. The third kappa shape index (κ3) is 3.32. The summed E-state index contributed by atoms with van der Waals surface area (Å²) < 4.78 is 1.77. The molecule has 1 amide bonds. The Hall–Kier alpha value is -2.40. The molecule has 4 rings (SSSR count). The van der Waals surface area contributed by atoms with Gasteiger partial charge in [-0.15, -0.1) is 0 Å². The van der Waals surface area contributed by atoms with E-state index >= 15 is 0 Å². The molecule has 1 aromatic carbocycles. The fourth-order valence-corrected chi connectivity index (χ4v) is 4.25. The molecule has 0 radical (unpaired) electrons. The minimum absolute atomic E-state index is 0.153. The predicted octanol–water partition coefficient (Wildman–Crippen LogP) is 4.69. The SMILES string of the molecule is Cc1nn(-c2ccccc2)c2ncc(C(=O)N[C@@H]3CCCC[C@H]3C)c(Cl)c12. The molecule has 5 nitrogen and oxygen atoms in total. The van der Waals surface area contributed by atoms with E-state index in [-0.39, 0.29) is 11.9 Å². The molecule has 1 saturated carbocycles. The van der Waals surface area contributed by atoms with Crippen molar-refractivity contribution in [3.05, 3.63) is 52.8 Å². The van der Waals surface area contributed by atoms with Crippen LogP contribution in [0.2, 0.25) is 5.02 Å². The lowest BCUT2D eigenvalue weighted by molar-refractivity contribution is 0.0910. The van der Waals surface area contributed by atoms with Gasteiger partial charge in [0, 0.05) is 12.2 Å². The molecular formula is C21H23ClN4O. The summed E-state index contributed by atoms with van der Waals surface area (Å²) >= 11 is 6.64. The normalized spacial score (nSPS) is 20.0. The third-order valence-electron chi connectivity index (χ3n) is 5.48. The van der Waals surface area contributed by atoms with Gasteiger partial charge in [-0.25, -0.2) is 9.67 Å². The van der Waals surface area contributed by atoms with Crippen LogP contribution in [0.15, 0.2) is 36.5 Å². The van der Waals surface area contributed by atoms with E-state index < -0.39 is 0 Å². The number of para-hydroxylation sites is 1. The smallest absolute Gasteiger partial charge is 0.254 e. The summed E-state index contributed by atoms with van der Waals surface area (Å²) in [4.78, 5) is 17.4. The van der Waals surface area contributed by atoms with Gasteiger partial charge in [0.1, 0.15) is 0 Å². The molecule has 2 aromatic heterocycles. The van der Waals surface area contributed by atoms with Crippen LogP contribution in [0.4, 0.5) is 0 Å². The average Bonchev–Trinajstić information content (AvgIpc) is 3.02. The third-order valence-corrected chi connectivity index (χ3v) is 5.87. The number of halogens is 1. The molecule has 0 bridgehead atoms. The molecule has 0 saturated heterocycles. The van der Waals surface area contributed by atoms with Crippen LogP contribution in [-0.4, -0.2) is 26.7 Å². The zero-order chi connectivity index (χ0) is 19.0. The summed E-state index contributed by atoms with van der Waals surface area (Å²) in [5.74, 6) is 0.334. The Balaban J connectivity index is 1.70. The van der Waals surface area contributed by atoms with Gasteiger partial charge in [0.2, 0.25) is 0 Å². The van der Waals surface area contributed by atoms with Crippen molar-refractivity contribution in [2.24, 2.45) is 5.92 Å². The number of benzene rings is 1. The quantitative estimate of drug-likeness (QED) is 0.714. The molecule has 1 N–H and O–H groups in total. The highest BCUT2D eigenvalue weighted by Crippen LogP contribution is 2.30. The van der Waals surface area contributed by atoms with Crippen molar-refractivity contribution in [2.45, 2.75) is 45.6 Å².